The number of carbonyl (C=O) groups is 3. The number of carbonyl (C=O) groups excluding carboxylic acids is 3. The minimum Gasteiger partial charge on any atom is -0.462 e. The highest BCUT2D eigenvalue weighted by molar-refractivity contribution is 5.94. The normalized spacial score (nSPS) is 46.1. The predicted molar refractivity (Wildman–Crippen MR) is 108 cm³/mol. The lowest BCUT2D eigenvalue weighted by atomic mass is 9.47. The number of ketones is 1. The SMILES string of the molecule is CC(=O)OC1CCC2(C)C(=CC(=O)C3C2CCC2(C)C3C[C@@H](C)C2OC(C)=O)C1. The van der Waals surface area contributed by atoms with E-state index in [1.807, 2.05) is 6.08 Å². The Morgan fingerprint density at radius 2 is 1.72 bits per heavy atom. The average Bonchev–Trinajstić information content (AvgIpc) is 2.86. The first kappa shape index (κ1) is 20.6. The topological polar surface area (TPSA) is 69.7 Å². The number of esters is 2. The molecule has 5 nitrogen and oxygen atoms in total. The van der Waals surface area contributed by atoms with Crippen LogP contribution in [0.15, 0.2) is 11.6 Å². The maximum Gasteiger partial charge on any atom is 0.302 e. The summed E-state index contributed by atoms with van der Waals surface area (Å²) in [6.45, 7) is 9.65. The Hall–Kier alpha value is -1.65. The molecule has 0 amide bonds. The Kier molecular flexibility index (Phi) is 4.94. The van der Waals surface area contributed by atoms with Gasteiger partial charge >= 0.3 is 11.9 Å². The van der Waals surface area contributed by atoms with Crippen LogP contribution in [0.4, 0.5) is 0 Å². The molecule has 4 aliphatic rings. The summed E-state index contributed by atoms with van der Waals surface area (Å²) in [4.78, 5) is 36.5. The molecule has 3 fully saturated rings. The summed E-state index contributed by atoms with van der Waals surface area (Å²) in [7, 11) is 0. The number of allylic oxidation sites excluding steroid dienone is 1. The molecular weight excluding hydrogens is 368 g/mol. The number of ether oxygens (including phenoxy) is 2. The van der Waals surface area contributed by atoms with Crippen molar-refractivity contribution in [2.45, 2.75) is 85.4 Å². The summed E-state index contributed by atoms with van der Waals surface area (Å²) in [5.41, 5.74) is 1.05. The van der Waals surface area contributed by atoms with Gasteiger partial charge in [-0.3, -0.25) is 14.4 Å². The van der Waals surface area contributed by atoms with E-state index in [4.69, 9.17) is 9.47 Å². The molecule has 0 N–H and O–H groups in total. The van der Waals surface area contributed by atoms with Crippen molar-refractivity contribution in [1.82, 2.24) is 0 Å². The monoisotopic (exact) mass is 402 g/mol. The fraction of sp³-hybridized carbons (Fsp3) is 0.792. The van der Waals surface area contributed by atoms with E-state index in [0.717, 1.165) is 32.1 Å². The summed E-state index contributed by atoms with van der Waals surface area (Å²) in [5.74, 6) is 0.637. The van der Waals surface area contributed by atoms with Gasteiger partial charge in [0.25, 0.3) is 0 Å². The van der Waals surface area contributed by atoms with Crippen molar-refractivity contribution in [3.05, 3.63) is 11.6 Å². The van der Waals surface area contributed by atoms with Crippen LogP contribution in [0.1, 0.15) is 73.1 Å². The molecule has 4 rings (SSSR count). The van der Waals surface area contributed by atoms with Crippen LogP contribution in [-0.4, -0.2) is 29.9 Å². The first-order valence-electron chi connectivity index (χ1n) is 11.2. The Morgan fingerprint density at radius 1 is 1.03 bits per heavy atom. The second-order valence-electron chi connectivity index (χ2n) is 10.5. The average molecular weight is 403 g/mol. The molecule has 0 radical (unpaired) electrons. The molecule has 7 unspecified atom stereocenters. The third-order valence-electron chi connectivity index (χ3n) is 8.76. The summed E-state index contributed by atoms with van der Waals surface area (Å²) in [6, 6.07) is 0. The van der Waals surface area contributed by atoms with Crippen molar-refractivity contribution in [3.8, 4) is 0 Å². The zero-order valence-electron chi connectivity index (χ0n) is 18.3. The van der Waals surface area contributed by atoms with Gasteiger partial charge in [-0.15, -0.1) is 0 Å². The molecule has 29 heavy (non-hydrogen) atoms. The van der Waals surface area contributed by atoms with E-state index in [2.05, 4.69) is 20.8 Å². The first-order valence-corrected chi connectivity index (χ1v) is 11.2. The highest BCUT2D eigenvalue weighted by Crippen LogP contribution is 2.65. The predicted octanol–water partition coefficient (Wildman–Crippen LogP) is 4.24. The van der Waals surface area contributed by atoms with E-state index in [9.17, 15) is 14.4 Å². The molecule has 0 aromatic heterocycles. The van der Waals surface area contributed by atoms with Gasteiger partial charge in [0, 0.05) is 31.6 Å². The van der Waals surface area contributed by atoms with Crippen molar-refractivity contribution in [2.24, 2.45) is 34.5 Å². The van der Waals surface area contributed by atoms with Gasteiger partial charge in [-0.25, -0.2) is 0 Å². The van der Waals surface area contributed by atoms with E-state index < -0.39 is 0 Å². The highest BCUT2D eigenvalue weighted by atomic mass is 16.5. The van der Waals surface area contributed by atoms with Gasteiger partial charge < -0.3 is 9.47 Å². The molecule has 160 valence electrons. The number of hydrogen-bond acceptors (Lipinski definition) is 5. The Labute approximate surface area is 173 Å². The van der Waals surface area contributed by atoms with Gasteiger partial charge in [0.05, 0.1) is 0 Å². The molecule has 4 aliphatic carbocycles. The van der Waals surface area contributed by atoms with Crippen molar-refractivity contribution in [2.75, 3.05) is 0 Å². The van der Waals surface area contributed by atoms with Gasteiger partial charge in [0.15, 0.2) is 5.78 Å². The van der Waals surface area contributed by atoms with E-state index in [0.29, 0.717) is 12.3 Å². The summed E-state index contributed by atoms with van der Waals surface area (Å²) >= 11 is 0. The van der Waals surface area contributed by atoms with Crippen molar-refractivity contribution >= 4 is 17.7 Å². The van der Waals surface area contributed by atoms with Crippen LogP contribution in [0.2, 0.25) is 0 Å². The number of hydrogen-bond donors (Lipinski definition) is 0. The maximum absolute atomic E-state index is 13.4. The second kappa shape index (κ2) is 6.95. The van der Waals surface area contributed by atoms with Crippen LogP contribution in [0.5, 0.6) is 0 Å². The lowest BCUT2D eigenvalue weighted by molar-refractivity contribution is -0.160. The first-order chi connectivity index (χ1) is 13.6. The molecule has 0 heterocycles. The fourth-order valence-corrected chi connectivity index (χ4v) is 7.46. The van der Waals surface area contributed by atoms with E-state index in [1.54, 1.807) is 0 Å². The summed E-state index contributed by atoms with van der Waals surface area (Å²) in [5, 5.41) is 0. The quantitative estimate of drug-likeness (QED) is 0.646. The standard InChI is InChI=1S/C24H34O5/c1-13-10-19-21-18(7-9-24(19,5)22(13)29-15(3)26)23(4)8-6-17(28-14(2)25)11-16(23)12-20(21)27/h12-13,17-19,21-22H,6-11H2,1-5H3/t13-,17?,18?,19?,21?,22?,23?,24?/m1/s1. The third-order valence-corrected chi connectivity index (χ3v) is 8.76. The van der Waals surface area contributed by atoms with Gasteiger partial charge in [0.1, 0.15) is 12.2 Å². The van der Waals surface area contributed by atoms with E-state index in [1.165, 1.54) is 19.4 Å². The molecular formula is C24H34O5. The molecule has 0 spiro atoms. The molecule has 0 aromatic rings. The van der Waals surface area contributed by atoms with Crippen LogP contribution in [0.3, 0.4) is 0 Å². The maximum atomic E-state index is 13.4. The molecule has 0 bridgehead atoms. The zero-order chi connectivity index (χ0) is 21.1. The van der Waals surface area contributed by atoms with Gasteiger partial charge in [-0.2, -0.15) is 0 Å². The molecule has 5 heteroatoms. The minimum absolute atomic E-state index is 0.000681. The fourth-order valence-electron chi connectivity index (χ4n) is 7.46. The van der Waals surface area contributed by atoms with Gasteiger partial charge in [0.2, 0.25) is 0 Å². The summed E-state index contributed by atoms with van der Waals surface area (Å²) < 4.78 is 11.2. The molecule has 3 saturated carbocycles. The minimum atomic E-state index is -0.246. The smallest absolute Gasteiger partial charge is 0.302 e. The summed E-state index contributed by atoms with van der Waals surface area (Å²) in [6.07, 6.45) is 7.09. The van der Waals surface area contributed by atoms with Gasteiger partial charge in [-0.05, 0) is 61.3 Å². The van der Waals surface area contributed by atoms with Crippen LogP contribution in [0, 0.1) is 34.5 Å². The van der Waals surface area contributed by atoms with Gasteiger partial charge in [-0.1, -0.05) is 26.3 Å². The lowest BCUT2D eigenvalue weighted by Crippen LogP contribution is -2.54. The molecule has 8 atom stereocenters. The van der Waals surface area contributed by atoms with Crippen molar-refractivity contribution in [3.63, 3.8) is 0 Å². The Bertz CT molecular complexity index is 769. The van der Waals surface area contributed by atoms with Crippen LogP contribution in [-0.2, 0) is 23.9 Å². The Morgan fingerprint density at radius 3 is 2.38 bits per heavy atom. The van der Waals surface area contributed by atoms with Crippen molar-refractivity contribution in [1.29, 1.82) is 0 Å². The van der Waals surface area contributed by atoms with Crippen LogP contribution in [0.25, 0.3) is 0 Å². The third kappa shape index (κ3) is 3.16. The van der Waals surface area contributed by atoms with Crippen LogP contribution >= 0.6 is 0 Å². The Balaban J connectivity index is 1.64. The lowest BCUT2D eigenvalue weighted by Gasteiger charge is -2.56. The number of rotatable bonds is 2. The molecule has 0 aliphatic heterocycles. The van der Waals surface area contributed by atoms with Crippen molar-refractivity contribution < 1.29 is 23.9 Å². The van der Waals surface area contributed by atoms with E-state index >= 15 is 0 Å². The zero-order valence-corrected chi connectivity index (χ0v) is 18.3. The van der Waals surface area contributed by atoms with E-state index in [-0.39, 0.29) is 58.5 Å². The largest absolute Gasteiger partial charge is 0.462 e. The molecule has 0 aromatic carbocycles. The number of fused-ring (bicyclic) bond motifs is 5. The highest BCUT2D eigenvalue weighted by Gasteiger charge is 2.63. The second-order valence-corrected chi connectivity index (χ2v) is 10.5. The molecule has 0 saturated heterocycles. The van der Waals surface area contributed by atoms with Crippen LogP contribution < -0.4 is 0 Å².